The molecule has 1 aromatic heterocycles. The SMILES string of the molecule is Cc1nn(CCC(=O)N(C)CCC#N)c(C)c1Br. The quantitative estimate of drug-likeness (QED) is 0.835. The van der Waals surface area contributed by atoms with Crippen molar-refractivity contribution < 1.29 is 4.79 Å². The smallest absolute Gasteiger partial charge is 0.224 e. The molecule has 0 saturated carbocycles. The van der Waals surface area contributed by atoms with Gasteiger partial charge >= 0.3 is 0 Å². The Hall–Kier alpha value is -1.35. The Bertz CT molecular complexity index is 475. The molecule has 0 aliphatic heterocycles. The van der Waals surface area contributed by atoms with Gasteiger partial charge in [0.05, 0.1) is 29.2 Å². The minimum absolute atomic E-state index is 0.0360. The number of carbonyl (C=O) groups excluding carboxylic acids is 1. The number of halogens is 1. The fraction of sp³-hybridized carbons (Fsp3) is 0.583. The monoisotopic (exact) mass is 312 g/mol. The first kappa shape index (κ1) is 14.7. The van der Waals surface area contributed by atoms with Gasteiger partial charge in [0.15, 0.2) is 0 Å². The Morgan fingerprint density at radius 3 is 2.72 bits per heavy atom. The van der Waals surface area contributed by atoms with E-state index in [1.54, 1.807) is 11.9 Å². The fourth-order valence-corrected chi connectivity index (χ4v) is 1.91. The van der Waals surface area contributed by atoms with Crippen molar-refractivity contribution in [1.82, 2.24) is 14.7 Å². The molecule has 6 heteroatoms. The van der Waals surface area contributed by atoms with E-state index in [-0.39, 0.29) is 5.91 Å². The van der Waals surface area contributed by atoms with Gasteiger partial charge in [-0.25, -0.2) is 0 Å². The van der Waals surface area contributed by atoms with Gasteiger partial charge in [-0.2, -0.15) is 10.4 Å². The van der Waals surface area contributed by atoms with Crippen LogP contribution in [-0.2, 0) is 11.3 Å². The van der Waals surface area contributed by atoms with Crippen LogP contribution in [0.15, 0.2) is 4.47 Å². The maximum absolute atomic E-state index is 11.8. The van der Waals surface area contributed by atoms with E-state index in [0.717, 1.165) is 15.9 Å². The Kier molecular flexibility index (Phi) is 5.35. The summed E-state index contributed by atoms with van der Waals surface area (Å²) in [5, 5.41) is 12.8. The molecule has 0 N–H and O–H groups in total. The zero-order valence-electron chi connectivity index (χ0n) is 10.9. The van der Waals surface area contributed by atoms with Crippen molar-refractivity contribution in [2.45, 2.75) is 33.2 Å². The summed E-state index contributed by atoms with van der Waals surface area (Å²) in [6, 6.07) is 2.03. The summed E-state index contributed by atoms with van der Waals surface area (Å²) in [5.41, 5.74) is 1.96. The number of nitrogens with zero attached hydrogens (tertiary/aromatic N) is 4. The van der Waals surface area contributed by atoms with Gasteiger partial charge in [-0.15, -0.1) is 0 Å². The van der Waals surface area contributed by atoms with Gasteiger partial charge < -0.3 is 4.90 Å². The summed E-state index contributed by atoms with van der Waals surface area (Å²) >= 11 is 3.46. The third kappa shape index (κ3) is 3.57. The van der Waals surface area contributed by atoms with E-state index < -0.39 is 0 Å². The number of nitriles is 1. The highest BCUT2D eigenvalue weighted by molar-refractivity contribution is 9.10. The van der Waals surface area contributed by atoms with Crippen LogP contribution in [0.5, 0.6) is 0 Å². The van der Waals surface area contributed by atoms with E-state index in [2.05, 4.69) is 21.0 Å². The second-order valence-electron chi connectivity index (χ2n) is 4.18. The average Bonchev–Trinajstić information content (AvgIpc) is 2.60. The van der Waals surface area contributed by atoms with Crippen LogP contribution in [-0.4, -0.2) is 34.2 Å². The summed E-state index contributed by atoms with van der Waals surface area (Å²) in [4.78, 5) is 13.4. The summed E-state index contributed by atoms with van der Waals surface area (Å²) in [5.74, 6) is 0.0360. The Balaban J connectivity index is 2.52. The minimum atomic E-state index is 0.0360. The maximum atomic E-state index is 11.8. The van der Waals surface area contributed by atoms with Crippen LogP contribution in [0.25, 0.3) is 0 Å². The summed E-state index contributed by atoms with van der Waals surface area (Å²) < 4.78 is 2.82. The van der Waals surface area contributed by atoms with E-state index >= 15 is 0 Å². The largest absolute Gasteiger partial charge is 0.345 e. The molecule has 98 valence electrons. The van der Waals surface area contributed by atoms with Crippen LogP contribution in [0.4, 0.5) is 0 Å². The zero-order valence-corrected chi connectivity index (χ0v) is 12.5. The molecule has 18 heavy (non-hydrogen) atoms. The summed E-state index contributed by atoms with van der Waals surface area (Å²) in [7, 11) is 1.72. The second kappa shape index (κ2) is 6.55. The molecule has 0 atom stereocenters. The highest BCUT2D eigenvalue weighted by Crippen LogP contribution is 2.19. The van der Waals surface area contributed by atoms with Gasteiger partial charge in [0.2, 0.25) is 5.91 Å². The Morgan fingerprint density at radius 2 is 2.22 bits per heavy atom. The molecule has 1 amide bonds. The van der Waals surface area contributed by atoms with Gasteiger partial charge in [0, 0.05) is 25.7 Å². The summed E-state index contributed by atoms with van der Waals surface area (Å²) in [6.07, 6.45) is 0.768. The van der Waals surface area contributed by atoms with Crippen LogP contribution < -0.4 is 0 Å². The molecular weight excluding hydrogens is 296 g/mol. The van der Waals surface area contributed by atoms with Gasteiger partial charge in [-0.05, 0) is 29.8 Å². The molecule has 0 spiro atoms. The van der Waals surface area contributed by atoms with Crippen LogP contribution in [0.2, 0.25) is 0 Å². The molecule has 0 fully saturated rings. The second-order valence-corrected chi connectivity index (χ2v) is 4.97. The normalized spacial score (nSPS) is 10.2. The number of amides is 1. The molecule has 1 heterocycles. The number of aromatic nitrogens is 2. The number of hydrogen-bond donors (Lipinski definition) is 0. The Labute approximate surface area is 116 Å². The van der Waals surface area contributed by atoms with Crippen LogP contribution >= 0.6 is 15.9 Å². The van der Waals surface area contributed by atoms with E-state index in [1.807, 2.05) is 24.6 Å². The number of aryl methyl sites for hydroxylation is 2. The van der Waals surface area contributed by atoms with Crippen molar-refractivity contribution in [2.24, 2.45) is 0 Å². The lowest BCUT2D eigenvalue weighted by atomic mass is 10.3. The lowest BCUT2D eigenvalue weighted by molar-refractivity contribution is -0.130. The Morgan fingerprint density at radius 1 is 1.56 bits per heavy atom. The molecule has 0 saturated heterocycles. The first-order chi connectivity index (χ1) is 8.47. The molecule has 0 aromatic carbocycles. The van der Waals surface area contributed by atoms with Gasteiger partial charge in [-0.1, -0.05) is 0 Å². The molecule has 0 unspecified atom stereocenters. The third-order valence-electron chi connectivity index (χ3n) is 2.82. The van der Waals surface area contributed by atoms with Crippen molar-refractivity contribution in [3.05, 3.63) is 15.9 Å². The number of hydrogen-bond acceptors (Lipinski definition) is 3. The molecular formula is C12H17BrN4O. The fourth-order valence-electron chi connectivity index (χ4n) is 1.63. The van der Waals surface area contributed by atoms with E-state index in [4.69, 9.17) is 5.26 Å². The van der Waals surface area contributed by atoms with Crippen molar-refractivity contribution >= 4 is 21.8 Å². The van der Waals surface area contributed by atoms with Gasteiger partial charge in [0.25, 0.3) is 0 Å². The van der Waals surface area contributed by atoms with Gasteiger partial charge in [-0.3, -0.25) is 9.48 Å². The zero-order chi connectivity index (χ0) is 13.7. The minimum Gasteiger partial charge on any atom is -0.345 e. The molecule has 1 aromatic rings. The lowest BCUT2D eigenvalue weighted by Crippen LogP contribution is -2.28. The highest BCUT2D eigenvalue weighted by atomic mass is 79.9. The third-order valence-corrected chi connectivity index (χ3v) is 3.96. The number of rotatable bonds is 5. The van der Waals surface area contributed by atoms with Crippen molar-refractivity contribution in [1.29, 1.82) is 5.26 Å². The van der Waals surface area contributed by atoms with E-state index in [1.165, 1.54) is 0 Å². The predicted octanol–water partition coefficient (Wildman–Crippen LogP) is 2.02. The van der Waals surface area contributed by atoms with Crippen molar-refractivity contribution in [3.8, 4) is 6.07 Å². The number of carbonyl (C=O) groups is 1. The lowest BCUT2D eigenvalue weighted by Gasteiger charge is -2.15. The summed E-state index contributed by atoms with van der Waals surface area (Å²) in [6.45, 7) is 4.94. The van der Waals surface area contributed by atoms with Crippen LogP contribution in [0.1, 0.15) is 24.2 Å². The highest BCUT2D eigenvalue weighted by Gasteiger charge is 2.12. The van der Waals surface area contributed by atoms with Crippen molar-refractivity contribution in [3.63, 3.8) is 0 Å². The molecule has 1 rings (SSSR count). The van der Waals surface area contributed by atoms with E-state index in [9.17, 15) is 4.79 Å². The molecule has 0 aliphatic carbocycles. The molecule has 5 nitrogen and oxygen atoms in total. The molecule has 0 radical (unpaired) electrons. The van der Waals surface area contributed by atoms with E-state index in [0.29, 0.717) is 25.9 Å². The first-order valence-electron chi connectivity index (χ1n) is 5.77. The average molecular weight is 313 g/mol. The topological polar surface area (TPSA) is 61.9 Å². The predicted molar refractivity (Wildman–Crippen MR) is 71.9 cm³/mol. The van der Waals surface area contributed by atoms with Gasteiger partial charge in [0.1, 0.15) is 0 Å². The van der Waals surface area contributed by atoms with Crippen LogP contribution in [0, 0.1) is 25.2 Å². The van der Waals surface area contributed by atoms with Crippen molar-refractivity contribution in [2.75, 3.05) is 13.6 Å². The molecule has 0 aliphatic rings. The first-order valence-corrected chi connectivity index (χ1v) is 6.57. The standard InChI is InChI=1S/C12H17BrN4O/c1-9-12(13)10(2)17(15-9)8-5-11(18)16(3)7-4-6-14/h4-5,7-8H2,1-3H3. The molecule has 0 bridgehead atoms. The maximum Gasteiger partial charge on any atom is 0.224 e. The van der Waals surface area contributed by atoms with Crippen LogP contribution in [0.3, 0.4) is 0 Å².